The SMILES string of the molecule is CC1CCN(CC(O)CN2CCC[C@H]2C(=O)OC(C)(C)C)CC1. The van der Waals surface area contributed by atoms with Crippen LogP contribution >= 0.6 is 0 Å². The molecule has 0 spiro atoms. The minimum absolute atomic E-state index is 0.144. The van der Waals surface area contributed by atoms with E-state index in [-0.39, 0.29) is 12.0 Å². The summed E-state index contributed by atoms with van der Waals surface area (Å²) in [5.41, 5.74) is -0.450. The zero-order valence-electron chi connectivity index (χ0n) is 15.3. The second kappa shape index (κ2) is 7.95. The largest absolute Gasteiger partial charge is 0.459 e. The first-order valence-corrected chi connectivity index (χ1v) is 9.12. The third-order valence-electron chi connectivity index (χ3n) is 4.83. The monoisotopic (exact) mass is 326 g/mol. The molecule has 1 unspecified atom stereocenters. The van der Waals surface area contributed by atoms with Crippen molar-refractivity contribution in [1.82, 2.24) is 9.80 Å². The van der Waals surface area contributed by atoms with E-state index >= 15 is 0 Å². The highest BCUT2D eigenvalue weighted by atomic mass is 16.6. The summed E-state index contributed by atoms with van der Waals surface area (Å²) in [4.78, 5) is 16.8. The van der Waals surface area contributed by atoms with E-state index in [0.29, 0.717) is 13.1 Å². The van der Waals surface area contributed by atoms with Gasteiger partial charge in [0.15, 0.2) is 0 Å². The third-order valence-corrected chi connectivity index (χ3v) is 4.83. The molecule has 5 nitrogen and oxygen atoms in total. The van der Waals surface area contributed by atoms with E-state index in [9.17, 15) is 9.90 Å². The normalized spacial score (nSPS) is 26.4. The van der Waals surface area contributed by atoms with Gasteiger partial charge in [0, 0.05) is 13.1 Å². The van der Waals surface area contributed by atoms with Gasteiger partial charge in [-0.25, -0.2) is 0 Å². The first kappa shape index (κ1) is 18.7. The molecular formula is C18H34N2O3. The fourth-order valence-electron chi connectivity index (χ4n) is 3.55. The van der Waals surface area contributed by atoms with Crippen LogP contribution in [0.5, 0.6) is 0 Å². The highest BCUT2D eigenvalue weighted by Crippen LogP contribution is 2.22. The van der Waals surface area contributed by atoms with Gasteiger partial charge in [-0.1, -0.05) is 6.92 Å². The van der Waals surface area contributed by atoms with Gasteiger partial charge in [0.05, 0.1) is 6.10 Å². The van der Waals surface area contributed by atoms with Gasteiger partial charge in [-0.05, 0) is 72.0 Å². The zero-order valence-corrected chi connectivity index (χ0v) is 15.3. The summed E-state index contributed by atoms with van der Waals surface area (Å²) in [7, 11) is 0. The van der Waals surface area contributed by atoms with Crippen LogP contribution in [0.25, 0.3) is 0 Å². The molecule has 1 N–H and O–H groups in total. The predicted octanol–water partition coefficient (Wildman–Crippen LogP) is 1.89. The summed E-state index contributed by atoms with van der Waals surface area (Å²) >= 11 is 0. The molecule has 0 radical (unpaired) electrons. The first-order chi connectivity index (χ1) is 10.7. The Morgan fingerprint density at radius 2 is 1.83 bits per heavy atom. The number of hydrogen-bond acceptors (Lipinski definition) is 5. The average molecular weight is 326 g/mol. The van der Waals surface area contributed by atoms with Crippen molar-refractivity contribution in [2.75, 3.05) is 32.7 Å². The maximum Gasteiger partial charge on any atom is 0.323 e. The van der Waals surface area contributed by atoms with Crippen LogP contribution in [-0.2, 0) is 9.53 Å². The lowest BCUT2D eigenvalue weighted by molar-refractivity contribution is -0.160. The Hall–Kier alpha value is -0.650. The molecule has 0 aliphatic carbocycles. The summed E-state index contributed by atoms with van der Waals surface area (Å²) in [5.74, 6) is 0.660. The number of carbonyl (C=O) groups excluding carboxylic acids is 1. The molecule has 23 heavy (non-hydrogen) atoms. The Bertz CT molecular complexity index is 386. The second-order valence-corrected chi connectivity index (χ2v) is 8.32. The topological polar surface area (TPSA) is 53.0 Å². The lowest BCUT2D eigenvalue weighted by atomic mass is 9.99. The first-order valence-electron chi connectivity index (χ1n) is 9.12. The Labute approximate surface area is 141 Å². The van der Waals surface area contributed by atoms with Gasteiger partial charge >= 0.3 is 5.97 Å². The van der Waals surface area contributed by atoms with Crippen molar-refractivity contribution >= 4 is 5.97 Å². The summed E-state index contributed by atoms with van der Waals surface area (Å²) in [5, 5.41) is 10.4. The number of likely N-dealkylation sites (tertiary alicyclic amines) is 2. The molecule has 0 amide bonds. The number of hydrogen-bond donors (Lipinski definition) is 1. The molecule has 0 aromatic heterocycles. The quantitative estimate of drug-likeness (QED) is 0.782. The van der Waals surface area contributed by atoms with E-state index in [1.165, 1.54) is 12.8 Å². The molecule has 0 aromatic carbocycles. The predicted molar refractivity (Wildman–Crippen MR) is 91.3 cm³/mol. The van der Waals surface area contributed by atoms with Crippen molar-refractivity contribution in [1.29, 1.82) is 0 Å². The number of aliphatic hydroxyl groups excluding tert-OH is 1. The molecule has 134 valence electrons. The molecule has 2 aliphatic heterocycles. The summed E-state index contributed by atoms with van der Waals surface area (Å²) in [6.45, 7) is 12.3. The zero-order chi connectivity index (χ0) is 17.0. The number of rotatable bonds is 5. The van der Waals surface area contributed by atoms with Crippen LogP contribution < -0.4 is 0 Å². The van der Waals surface area contributed by atoms with Gasteiger partial charge in [0.25, 0.3) is 0 Å². The molecule has 2 rings (SSSR count). The summed E-state index contributed by atoms with van der Waals surface area (Å²) in [6.07, 6.45) is 3.88. The molecule has 5 heteroatoms. The maximum absolute atomic E-state index is 12.3. The molecule has 0 aromatic rings. The smallest absolute Gasteiger partial charge is 0.323 e. The minimum atomic E-state index is -0.450. The number of aliphatic hydroxyl groups is 1. The molecule has 0 saturated carbocycles. The molecule has 0 bridgehead atoms. The van der Waals surface area contributed by atoms with E-state index < -0.39 is 11.7 Å². The van der Waals surface area contributed by atoms with E-state index in [2.05, 4.69) is 16.7 Å². The number of ether oxygens (including phenoxy) is 1. The van der Waals surface area contributed by atoms with E-state index in [1.807, 2.05) is 20.8 Å². The van der Waals surface area contributed by atoms with E-state index in [4.69, 9.17) is 4.74 Å². The number of esters is 1. The highest BCUT2D eigenvalue weighted by Gasteiger charge is 2.35. The minimum Gasteiger partial charge on any atom is -0.459 e. The van der Waals surface area contributed by atoms with Crippen LogP contribution in [0.3, 0.4) is 0 Å². The van der Waals surface area contributed by atoms with E-state index in [1.54, 1.807) is 0 Å². The van der Waals surface area contributed by atoms with Crippen LogP contribution in [-0.4, -0.2) is 71.3 Å². The standard InChI is InChI=1S/C18H34N2O3/c1-14-7-10-19(11-8-14)12-15(21)13-20-9-5-6-16(20)17(22)23-18(2,3)4/h14-16,21H,5-13H2,1-4H3/t15?,16-/m0/s1. The van der Waals surface area contributed by atoms with Crippen LogP contribution in [0.4, 0.5) is 0 Å². The second-order valence-electron chi connectivity index (χ2n) is 8.32. The molecule has 2 saturated heterocycles. The molecule has 2 heterocycles. The van der Waals surface area contributed by atoms with Gasteiger partial charge in [0.1, 0.15) is 11.6 Å². The van der Waals surface area contributed by atoms with Gasteiger partial charge < -0.3 is 14.7 Å². The Morgan fingerprint density at radius 1 is 1.17 bits per heavy atom. The third kappa shape index (κ3) is 6.05. The molecule has 2 fully saturated rings. The average Bonchev–Trinajstić information content (AvgIpc) is 2.87. The van der Waals surface area contributed by atoms with Gasteiger partial charge in [-0.15, -0.1) is 0 Å². The van der Waals surface area contributed by atoms with Crippen LogP contribution in [0.15, 0.2) is 0 Å². The van der Waals surface area contributed by atoms with Crippen molar-refractivity contribution < 1.29 is 14.6 Å². The Morgan fingerprint density at radius 3 is 2.43 bits per heavy atom. The maximum atomic E-state index is 12.3. The summed E-state index contributed by atoms with van der Waals surface area (Å²) < 4.78 is 5.52. The van der Waals surface area contributed by atoms with Crippen LogP contribution in [0.2, 0.25) is 0 Å². The lowest BCUT2D eigenvalue weighted by Gasteiger charge is -2.33. The van der Waals surface area contributed by atoms with Gasteiger partial charge in [0.2, 0.25) is 0 Å². The number of carbonyl (C=O) groups is 1. The van der Waals surface area contributed by atoms with Gasteiger partial charge in [-0.2, -0.15) is 0 Å². The molecule has 2 aliphatic rings. The van der Waals surface area contributed by atoms with Crippen LogP contribution in [0, 0.1) is 5.92 Å². The Kier molecular flexibility index (Phi) is 6.46. The van der Waals surface area contributed by atoms with Gasteiger partial charge in [-0.3, -0.25) is 9.69 Å². The summed E-state index contributed by atoms with van der Waals surface area (Å²) in [6, 6.07) is -0.190. The lowest BCUT2D eigenvalue weighted by Crippen LogP contribution is -2.47. The van der Waals surface area contributed by atoms with Crippen LogP contribution in [0.1, 0.15) is 53.4 Å². The highest BCUT2D eigenvalue weighted by molar-refractivity contribution is 5.76. The van der Waals surface area contributed by atoms with Crippen molar-refractivity contribution in [3.8, 4) is 0 Å². The van der Waals surface area contributed by atoms with Crippen molar-refractivity contribution in [3.05, 3.63) is 0 Å². The fourth-order valence-corrected chi connectivity index (χ4v) is 3.55. The molecule has 2 atom stereocenters. The van der Waals surface area contributed by atoms with Crippen molar-refractivity contribution in [2.45, 2.75) is 71.1 Å². The van der Waals surface area contributed by atoms with Crippen molar-refractivity contribution in [2.24, 2.45) is 5.92 Å². The fraction of sp³-hybridized carbons (Fsp3) is 0.944. The number of piperidine rings is 1. The van der Waals surface area contributed by atoms with Crippen molar-refractivity contribution in [3.63, 3.8) is 0 Å². The Balaban J connectivity index is 1.79. The number of nitrogens with zero attached hydrogens (tertiary/aromatic N) is 2. The number of β-amino-alcohol motifs (C(OH)–C–C–N with tert-alkyl or cyclic N) is 1. The van der Waals surface area contributed by atoms with E-state index in [0.717, 1.165) is 38.4 Å². The molecular weight excluding hydrogens is 292 g/mol.